The highest BCUT2D eigenvalue weighted by Gasteiger charge is 2.24. The van der Waals surface area contributed by atoms with Crippen molar-refractivity contribution in [1.29, 1.82) is 0 Å². The second-order valence-corrected chi connectivity index (χ2v) is 5.72. The van der Waals surface area contributed by atoms with Gasteiger partial charge in [-0.1, -0.05) is 38.3 Å². The van der Waals surface area contributed by atoms with Gasteiger partial charge in [-0.25, -0.2) is 0 Å². The van der Waals surface area contributed by atoms with Crippen molar-refractivity contribution in [1.82, 2.24) is 10.2 Å². The van der Waals surface area contributed by atoms with E-state index in [0.29, 0.717) is 11.5 Å². The normalized spacial score (nSPS) is 18.6. The molecule has 0 aliphatic heterocycles. The molecule has 100 valence electrons. The molecule has 1 N–H and O–H groups in total. The topological polar surface area (TPSA) is 45.8 Å². The van der Waals surface area contributed by atoms with Crippen LogP contribution in [0.1, 0.15) is 61.0 Å². The lowest BCUT2D eigenvalue weighted by Gasteiger charge is -2.27. The lowest BCUT2D eigenvalue weighted by molar-refractivity contribution is 0.112. The third-order valence-corrected chi connectivity index (χ3v) is 4.56. The van der Waals surface area contributed by atoms with Crippen LogP contribution in [0.4, 0.5) is 0 Å². The maximum absolute atomic E-state index is 10.8. The van der Waals surface area contributed by atoms with Gasteiger partial charge in [-0.15, -0.1) is 0 Å². The quantitative estimate of drug-likeness (QED) is 0.842. The van der Waals surface area contributed by atoms with Crippen molar-refractivity contribution >= 4 is 17.2 Å². The van der Waals surface area contributed by atoms with Gasteiger partial charge in [0.15, 0.2) is 0 Å². The Morgan fingerprint density at radius 1 is 1.32 bits per heavy atom. The lowest BCUT2D eigenvalue weighted by atomic mass is 9.79. The zero-order chi connectivity index (χ0) is 13.2. The molecule has 19 heavy (non-hydrogen) atoms. The molecule has 0 saturated heterocycles. The molecule has 3 rings (SSSR count). The van der Waals surface area contributed by atoms with Crippen LogP contribution in [-0.4, -0.2) is 16.5 Å². The number of benzene rings is 1. The number of carbonyl (C=O) groups excluding carboxylic acids is 1. The van der Waals surface area contributed by atoms with Crippen LogP contribution in [0.5, 0.6) is 0 Å². The zero-order valence-corrected chi connectivity index (χ0v) is 11.4. The minimum Gasteiger partial charge on any atom is -0.298 e. The lowest BCUT2D eigenvalue weighted by Crippen LogP contribution is -2.14. The van der Waals surface area contributed by atoms with Gasteiger partial charge in [0.1, 0.15) is 6.29 Å². The number of rotatable bonds is 3. The Morgan fingerprint density at radius 3 is 2.84 bits per heavy atom. The highest BCUT2D eigenvalue weighted by atomic mass is 16.1. The molecule has 3 nitrogen and oxygen atoms in total. The minimum absolute atomic E-state index is 0.521. The van der Waals surface area contributed by atoms with Gasteiger partial charge in [0.2, 0.25) is 0 Å². The second kappa shape index (κ2) is 5.16. The molecular weight excluding hydrogens is 236 g/mol. The van der Waals surface area contributed by atoms with Crippen LogP contribution in [0.25, 0.3) is 10.9 Å². The number of nitrogens with zero attached hydrogens (tertiary/aromatic N) is 1. The van der Waals surface area contributed by atoms with E-state index in [-0.39, 0.29) is 0 Å². The summed E-state index contributed by atoms with van der Waals surface area (Å²) >= 11 is 0. The highest BCUT2D eigenvalue weighted by molar-refractivity contribution is 5.88. The fraction of sp³-hybridized carbons (Fsp3) is 0.500. The number of hydrogen-bond donors (Lipinski definition) is 1. The average molecular weight is 256 g/mol. The average Bonchev–Trinajstić information content (AvgIpc) is 2.90. The van der Waals surface area contributed by atoms with E-state index in [1.54, 1.807) is 0 Å². The molecule has 1 aromatic heterocycles. The van der Waals surface area contributed by atoms with E-state index in [0.717, 1.165) is 17.7 Å². The van der Waals surface area contributed by atoms with Gasteiger partial charge in [-0.3, -0.25) is 9.89 Å². The van der Waals surface area contributed by atoms with Crippen LogP contribution in [0, 0.1) is 5.92 Å². The molecule has 1 aromatic carbocycles. The van der Waals surface area contributed by atoms with Gasteiger partial charge in [0.05, 0.1) is 5.52 Å². The molecule has 1 heterocycles. The van der Waals surface area contributed by atoms with Crippen LogP contribution in [0.15, 0.2) is 18.2 Å². The molecule has 0 bridgehead atoms. The maximum Gasteiger partial charge on any atom is 0.150 e. The Kier molecular flexibility index (Phi) is 3.36. The van der Waals surface area contributed by atoms with Gasteiger partial charge in [0, 0.05) is 22.6 Å². The van der Waals surface area contributed by atoms with Gasteiger partial charge in [-0.05, 0) is 24.8 Å². The first-order chi connectivity index (χ1) is 9.29. The van der Waals surface area contributed by atoms with Gasteiger partial charge in [-0.2, -0.15) is 5.10 Å². The van der Waals surface area contributed by atoms with E-state index in [4.69, 9.17) is 0 Å². The number of aromatic nitrogens is 2. The number of aromatic amines is 1. The Hall–Kier alpha value is -1.64. The van der Waals surface area contributed by atoms with E-state index >= 15 is 0 Å². The summed E-state index contributed by atoms with van der Waals surface area (Å²) in [7, 11) is 0. The fourth-order valence-corrected chi connectivity index (χ4v) is 3.34. The Morgan fingerprint density at radius 2 is 2.11 bits per heavy atom. The molecule has 0 spiro atoms. The van der Waals surface area contributed by atoms with E-state index in [2.05, 4.69) is 17.1 Å². The third-order valence-electron chi connectivity index (χ3n) is 4.56. The van der Waals surface area contributed by atoms with E-state index < -0.39 is 0 Å². The number of aldehydes is 1. The summed E-state index contributed by atoms with van der Waals surface area (Å²) in [4.78, 5) is 10.8. The molecule has 1 atom stereocenters. The summed E-state index contributed by atoms with van der Waals surface area (Å²) in [5, 5.41) is 8.73. The van der Waals surface area contributed by atoms with E-state index in [9.17, 15) is 4.79 Å². The molecule has 2 aromatic rings. The van der Waals surface area contributed by atoms with Crippen molar-refractivity contribution < 1.29 is 4.79 Å². The van der Waals surface area contributed by atoms with Crippen molar-refractivity contribution in [2.75, 3.05) is 0 Å². The number of nitrogens with one attached hydrogen (secondary N) is 1. The monoisotopic (exact) mass is 256 g/mol. The first-order valence-electron chi connectivity index (χ1n) is 7.23. The highest BCUT2D eigenvalue weighted by Crippen LogP contribution is 2.37. The summed E-state index contributed by atoms with van der Waals surface area (Å²) in [5.41, 5.74) is 2.83. The van der Waals surface area contributed by atoms with Crippen molar-refractivity contribution in [2.24, 2.45) is 5.92 Å². The molecule has 0 radical (unpaired) electrons. The summed E-state index contributed by atoms with van der Waals surface area (Å²) in [5.74, 6) is 1.29. The molecular formula is C16H20N2O. The molecule has 1 aliphatic carbocycles. The first kappa shape index (κ1) is 12.4. The molecule has 1 aliphatic rings. The molecule has 1 unspecified atom stereocenters. The second-order valence-electron chi connectivity index (χ2n) is 5.72. The number of carbonyl (C=O) groups is 1. The first-order valence-corrected chi connectivity index (χ1v) is 7.23. The Labute approximate surface area is 113 Å². The summed E-state index contributed by atoms with van der Waals surface area (Å²) in [6, 6.07) is 5.76. The Bertz CT molecular complexity index is 581. The van der Waals surface area contributed by atoms with Crippen LogP contribution in [0.2, 0.25) is 0 Å². The Balaban J connectivity index is 1.93. The predicted molar refractivity (Wildman–Crippen MR) is 76.5 cm³/mol. The van der Waals surface area contributed by atoms with Crippen molar-refractivity contribution in [2.45, 2.75) is 44.9 Å². The molecule has 0 amide bonds. The molecule has 3 heteroatoms. The number of hydrogen-bond acceptors (Lipinski definition) is 2. The minimum atomic E-state index is 0.521. The number of fused-ring (bicyclic) bond motifs is 1. The van der Waals surface area contributed by atoms with Crippen molar-refractivity contribution in [3.05, 3.63) is 29.5 Å². The molecule has 1 saturated carbocycles. The van der Waals surface area contributed by atoms with Crippen LogP contribution in [-0.2, 0) is 0 Å². The van der Waals surface area contributed by atoms with Crippen LogP contribution in [0.3, 0.4) is 0 Å². The fourth-order valence-electron chi connectivity index (χ4n) is 3.34. The predicted octanol–water partition coefficient (Wildman–Crippen LogP) is 4.06. The van der Waals surface area contributed by atoms with Crippen molar-refractivity contribution in [3.8, 4) is 0 Å². The van der Waals surface area contributed by atoms with E-state index in [1.165, 1.54) is 43.2 Å². The van der Waals surface area contributed by atoms with Gasteiger partial charge < -0.3 is 0 Å². The van der Waals surface area contributed by atoms with Gasteiger partial charge in [0.25, 0.3) is 0 Å². The number of H-pyrrole nitrogens is 1. The summed E-state index contributed by atoms with van der Waals surface area (Å²) in [6.07, 6.45) is 7.63. The van der Waals surface area contributed by atoms with Crippen LogP contribution >= 0.6 is 0 Å². The largest absolute Gasteiger partial charge is 0.298 e. The SMILES string of the molecule is CC(c1[nH]nc2cc(C=O)ccc12)C1CCCCC1. The van der Waals surface area contributed by atoms with Gasteiger partial charge >= 0.3 is 0 Å². The third kappa shape index (κ3) is 2.29. The van der Waals surface area contributed by atoms with Crippen LogP contribution < -0.4 is 0 Å². The molecule has 1 fully saturated rings. The maximum atomic E-state index is 10.8. The van der Waals surface area contributed by atoms with Crippen molar-refractivity contribution in [3.63, 3.8) is 0 Å². The summed E-state index contributed by atoms with van der Waals surface area (Å²) < 4.78 is 0. The smallest absolute Gasteiger partial charge is 0.150 e. The zero-order valence-electron chi connectivity index (χ0n) is 11.4. The standard InChI is InChI=1S/C16H20N2O/c1-11(13-5-3-2-4-6-13)16-14-8-7-12(10-19)9-15(14)17-18-16/h7-11,13H,2-6H2,1H3,(H,17,18). The van der Waals surface area contributed by atoms with E-state index in [1.807, 2.05) is 18.2 Å². The summed E-state index contributed by atoms with van der Waals surface area (Å²) in [6.45, 7) is 2.30.